The average molecular weight is 400 g/mol. The fraction of sp³-hybridized carbons (Fsp3) is 0.286. The van der Waals surface area contributed by atoms with Crippen LogP contribution in [0.15, 0.2) is 48.5 Å². The van der Waals surface area contributed by atoms with Crippen LogP contribution in [0.3, 0.4) is 0 Å². The van der Waals surface area contributed by atoms with Gasteiger partial charge < -0.3 is 26.0 Å². The number of carbonyl (C=O) groups is 3. The van der Waals surface area contributed by atoms with Crippen molar-refractivity contribution in [2.24, 2.45) is 5.73 Å². The summed E-state index contributed by atoms with van der Waals surface area (Å²) in [4.78, 5) is 32.1. The molecule has 3 rings (SSSR count). The summed E-state index contributed by atoms with van der Waals surface area (Å²) in [5.41, 5.74) is 9.37. The van der Waals surface area contributed by atoms with E-state index in [4.69, 9.17) is 20.7 Å². The van der Waals surface area contributed by atoms with Crippen molar-refractivity contribution < 1.29 is 29.3 Å². The number of carbonyl (C=O) groups excluding carboxylic acids is 1. The topological polar surface area (TPSA) is 139 Å². The Bertz CT molecular complexity index is 851. The van der Waals surface area contributed by atoms with Crippen molar-refractivity contribution in [3.05, 3.63) is 59.7 Å². The highest BCUT2D eigenvalue weighted by atomic mass is 16.5. The van der Waals surface area contributed by atoms with E-state index >= 15 is 0 Å². The van der Waals surface area contributed by atoms with Crippen molar-refractivity contribution in [1.82, 2.24) is 5.32 Å². The molecule has 2 aromatic rings. The Morgan fingerprint density at radius 3 is 1.83 bits per heavy atom. The first-order valence-corrected chi connectivity index (χ1v) is 9.05. The van der Waals surface area contributed by atoms with Gasteiger partial charge in [-0.1, -0.05) is 48.5 Å². The number of nitrogens with two attached hydrogens (primary N) is 1. The van der Waals surface area contributed by atoms with Crippen molar-refractivity contribution in [3.8, 4) is 11.1 Å². The molecule has 0 fully saturated rings. The highest BCUT2D eigenvalue weighted by Gasteiger charge is 2.29. The van der Waals surface area contributed by atoms with E-state index in [1.165, 1.54) is 13.8 Å². The van der Waals surface area contributed by atoms with Gasteiger partial charge in [0.15, 0.2) is 0 Å². The first kappa shape index (κ1) is 21.9. The van der Waals surface area contributed by atoms with Crippen LogP contribution in [0.25, 0.3) is 11.1 Å². The predicted molar refractivity (Wildman–Crippen MR) is 107 cm³/mol. The molecular formula is C21H24N2O6. The minimum atomic E-state index is -1.10. The van der Waals surface area contributed by atoms with Crippen molar-refractivity contribution in [2.45, 2.75) is 31.8 Å². The van der Waals surface area contributed by atoms with E-state index < -0.39 is 30.1 Å². The number of nitrogens with one attached hydrogen (secondary N) is 1. The number of benzene rings is 2. The Kier molecular flexibility index (Phi) is 7.33. The largest absolute Gasteiger partial charge is 0.480 e. The Morgan fingerprint density at radius 2 is 1.41 bits per heavy atom. The van der Waals surface area contributed by atoms with Crippen LogP contribution in [-0.4, -0.2) is 46.9 Å². The number of rotatable bonds is 5. The van der Waals surface area contributed by atoms with E-state index in [1.54, 1.807) is 0 Å². The lowest BCUT2D eigenvalue weighted by Crippen LogP contribution is -2.39. The Balaban J connectivity index is 0.000000438. The molecule has 2 atom stereocenters. The first-order valence-electron chi connectivity index (χ1n) is 9.05. The van der Waals surface area contributed by atoms with Gasteiger partial charge in [-0.2, -0.15) is 0 Å². The van der Waals surface area contributed by atoms with Crippen LogP contribution in [0, 0.1) is 0 Å². The van der Waals surface area contributed by atoms with E-state index in [0.717, 1.165) is 22.3 Å². The lowest BCUT2D eigenvalue weighted by Gasteiger charge is -2.15. The zero-order valence-electron chi connectivity index (χ0n) is 16.2. The summed E-state index contributed by atoms with van der Waals surface area (Å²) in [6.45, 7) is 2.98. The fourth-order valence-electron chi connectivity index (χ4n) is 2.88. The second kappa shape index (κ2) is 9.70. The summed E-state index contributed by atoms with van der Waals surface area (Å²) in [6, 6.07) is 14.4. The number of aliphatic carboxylic acids is 2. The van der Waals surface area contributed by atoms with E-state index in [2.05, 4.69) is 17.4 Å². The molecule has 1 amide bonds. The molecule has 0 spiro atoms. The minimum absolute atomic E-state index is 0.0340. The van der Waals surface area contributed by atoms with E-state index in [9.17, 15) is 14.4 Å². The average Bonchev–Trinajstić information content (AvgIpc) is 3.00. The monoisotopic (exact) mass is 400 g/mol. The molecule has 8 heteroatoms. The zero-order valence-corrected chi connectivity index (χ0v) is 16.2. The van der Waals surface area contributed by atoms with Gasteiger partial charge in [0.25, 0.3) is 0 Å². The Morgan fingerprint density at radius 1 is 0.966 bits per heavy atom. The van der Waals surface area contributed by atoms with Crippen LogP contribution in [0.2, 0.25) is 0 Å². The number of fused-ring (bicyclic) bond motifs is 3. The van der Waals surface area contributed by atoms with Gasteiger partial charge in [-0.05, 0) is 36.1 Å². The molecule has 0 bridgehead atoms. The number of carboxylic acids is 2. The fourth-order valence-corrected chi connectivity index (χ4v) is 2.88. The summed E-state index contributed by atoms with van der Waals surface area (Å²) in [6.07, 6.45) is -0.721. The van der Waals surface area contributed by atoms with Crippen molar-refractivity contribution >= 4 is 18.0 Å². The van der Waals surface area contributed by atoms with E-state index in [1.807, 2.05) is 36.4 Å². The molecule has 29 heavy (non-hydrogen) atoms. The van der Waals surface area contributed by atoms with Crippen LogP contribution in [0.1, 0.15) is 30.9 Å². The maximum atomic E-state index is 11.7. The molecule has 0 aromatic heterocycles. The molecule has 0 saturated carbocycles. The molecule has 0 saturated heterocycles. The van der Waals surface area contributed by atoms with Crippen molar-refractivity contribution in [1.29, 1.82) is 0 Å². The summed E-state index contributed by atoms with van der Waals surface area (Å²) < 4.78 is 5.25. The maximum Gasteiger partial charge on any atom is 0.407 e. The van der Waals surface area contributed by atoms with Gasteiger partial charge in [0.2, 0.25) is 0 Å². The molecule has 0 radical (unpaired) electrons. The van der Waals surface area contributed by atoms with Gasteiger partial charge in [-0.3, -0.25) is 9.59 Å². The molecule has 0 heterocycles. The van der Waals surface area contributed by atoms with Crippen LogP contribution in [0.5, 0.6) is 0 Å². The van der Waals surface area contributed by atoms with Crippen LogP contribution < -0.4 is 11.1 Å². The first-order chi connectivity index (χ1) is 13.7. The number of hydrogen-bond donors (Lipinski definition) is 4. The molecule has 0 aliphatic heterocycles. The van der Waals surface area contributed by atoms with Gasteiger partial charge in [-0.25, -0.2) is 4.79 Å². The standard InChI is InChI=1S/C18H17NO4.C3H7NO2/c1-11(17(20)21)19-18(22)23-10-16-14-8-4-2-6-12(14)13-7-3-5-9-15(13)16;1-2(4)3(5)6/h2-9,11,16H,10H2,1H3,(H,19,22)(H,20,21);2H,4H2,1H3,(H,5,6). The Labute approximate surface area is 168 Å². The van der Waals surface area contributed by atoms with Gasteiger partial charge in [0, 0.05) is 5.92 Å². The molecule has 1 aliphatic rings. The lowest BCUT2D eigenvalue weighted by molar-refractivity contribution is -0.139. The van der Waals surface area contributed by atoms with Crippen LogP contribution >= 0.6 is 0 Å². The van der Waals surface area contributed by atoms with Gasteiger partial charge >= 0.3 is 18.0 Å². The number of ether oxygens (including phenoxy) is 1. The molecule has 5 N–H and O–H groups in total. The number of amides is 1. The predicted octanol–water partition coefficient (Wildman–Crippen LogP) is 2.42. The highest BCUT2D eigenvalue weighted by molar-refractivity contribution is 5.80. The zero-order chi connectivity index (χ0) is 21.6. The molecule has 1 aliphatic carbocycles. The normalized spacial score (nSPS) is 13.8. The number of hydrogen-bond acceptors (Lipinski definition) is 5. The second-order valence-electron chi connectivity index (χ2n) is 6.66. The van der Waals surface area contributed by atoms with Gasteiger partial charge in [0.05, 0.1) is 0 Å². The van der Waals surface area contributed by atoms with Gasteiger partial charge in [-0.15, -0.1) is 0 Å². The number of alkyl carbamates (subject to hydrolysis) is 1. The molecule has 154 valence electrons. The lowest BCUT2D eigenvalue weighted by atomic mass is 9.98. The summed E-state index contributed by atoms with van der Waals surface area (Å²) in [5.74, 6) is -2.10. The maximum absolute atomic E-state index is 11.7. The van der Waals surface area contributed by atoms with Crippen molar-refractivity contribution in [2.75, 3.05) is 6.61 Å². The summed E-state index contributed by atoms with van der Waals surface area (Å²) >= 11 is 0. The summed E-state index contributed by atoms with van der Waals surface area (Å²) in [7, 11) is 0. The third-order valence-electron chi connectivity index (χ3n) is 4.44. The third kappa shape index (κ3) is 5.55. The molecule has 2 aromatic carbocycles. The Hall–Kier alpha value is -3.39. The highest BCUT2D eigenvalue weighted by Crippen LogP contribution is 2.44. The SMILES string of the molecule is CC(N)C(=O)O.CC(NC(=O)OCC1c2ccccc2-c2ccccc21)C(=O)O. The number of carboxylic acid groups (broad SMARTS) is 2. The van der Waals surface area contributed by atoms with Gasteiger partial charge in [0.1, 0.15) is 18.7 Å². The molecule has 2 unspecified atom stereocenters. The third-order valence-corrected chi connectivity index (χ3v) is 4.44. The smallest absolute Gasteiger partial charge is 0.407 e. The quantitative estimate of drug-likeness (QED) is 0.604. The second-order valence-corrected chi connectivity index (χ2v) is 6.66. The van der Waals surface area contributed by atoms with Crippen molar-refractivity contribution in [3.63, 3.8) is 0 Å². The molecule has 8 nitrogen and oxygen atoms in total. The van der Waals surface area contributed by atoms with Crippen LogP contribution in [0.4, 0.5) is 4.79 Å². The van der Waals surface area contributed by atoms with Crippen LogP contribution in [-0.2, 0) is 14.3 Å². The van der Waals surface area contributed by atoms with E-state index in [-0.39, 0.29) is 12.5 Å². The summed E-state index contributed by atoms with van der Waals surface area (Å²) in [5, 5.41) is 19.0. The van der Waals surface area contributed by atoms with E-state index in [0.29, 0.717) is 0 Å². The minimum Gasteiger partial charge on any atom is -0.480 e. The molecular weight excluding hydrogens is 376 g/mol.